The summed E-state index contributed by atoms with van der Waals surface area (Å²) < 4.78 is 1.51. The normalized spacial score (nSPS) is 16.6. The molecule has 120 valence electrons. The van der Waals surface area contributed by atoms with Crippen LogP contribution in [0.5, 0.6) is 0 Å². The van der Waals surface area contributed by atoms with Gasteiger partial charge < -0.3 is 9.80 Å². The van der Waals surface area contributed by atoms with Crippen LogP contribution in [0.25, 0.3) is 11.8 Å². The third-order valence-electron chi connectivity index (χ3n) is 3.97. The van der Waals surface area contributed by atoms with Gasteiger partial charge in [-0.05, 0) is 36.0 Å². The summed E-state index contributed by atoms with van der Waals surface area (Å²) in [6.45, 7) is 4.96. The molecule has 0 N–H and O–H groups in total. The summed E-state index contributed by atoms with van der Waals surface area (Å²) >= 11 is 0. The second-order valence-corrected chi connectivity index (χ2v) is 5.67. The molecule has 0 bridgehead atoms. The largest absolute Gasteiger partial charge is 0.335 e. The minimum absolute atomic E-state index is 0.0441. The van der Waals surface area contributed by atoms with Gasteiger partial charge in [-0.25, -0.2) is 0 Å². The van der Waals surface area contributed by atoms with E-state index >= 15 is 0 Å². The number of carbonyl (C=O) groups excluding carboxylic acids is 1. The summed E-state index contributed by atoms with van der Waals surface area (Å²) in [7, 11) is 2.06. The van der Waals surface area contributed by atoms with Crippen LogP contribution in [0.3, 0.4) is 0 Å². The summed E-state index contributed by atoms with van der Waals surface area (Å²) in [4.78, 5) is 17.1. The van der Waals surface area contributed by atoms with Crippen molar-refractivity contribution in [3.8, 4) is 0 Å². The second-order valence-electron chi connectivity index (χ2n) is 5.67. The standard InChI is InChI=1S/C16H20N6O/c1-13-17-18-19-22(13)15(12-14-6-4-3-5-7-14)16(23)21-10-8-20(2)9-11-21/h3-7,12H,8-11H2,1-2H3/b15-12+. The first-order chi connectivity index (χ1) is 11.1. The van der Waals surface area contributed by atoms with Crippen molar-refractivity contribution in [1.82, 2.24) is 30.0 Å². The van der Waals surface area contributed by atoms with Crippen LogP contribution < -0.4 is 0 Å². The average Bonchev–Trinajstić information content (AvgIpc) is 2.99. The molecule has 3 rings (SSSR count). The highest BCUT2D eigenvalue weighted by atomic mass is 16.2. The number of amides is 1. The summed E-state index contributed by atoms with van der Waals surface area (Å²) in [5.74, 6) is 0.548. The Morgan fingerprint density at radius 2 is 1.83 bits per heavy atom. The van der Waals surface area contributed by atoms with Crippen LogP contribution in [0.4, 0.5) is 0 Å². The number of hydrogen-bond donors (Lipinski definition) is 0. The highest BCUT2D eigenvalue weighted by Crippen LogP contribution is 2.16. The zero-order valence-corrected chi connectivity index (χ0v) is 13.4. The van der Waals surface area contributed by atoms with E-state index in [-0.39, 0.29) is 5.91 Å². The molecule has 7 heteroatoms. The SMILES string of the molecule is Cc1nnnn1/C(=C/c1ccccc1)C(=O)N1CCN(C)CC1. The molecule has 0 unspecified atom stereocenters. The number of piperazine rings is 1. The first-order valence-electron chi connectivity index (χ1n) is 7.65. The number of hydrogen-bond acceptors (Lipinski definition) is 5. The van der Waals surface area contributed by atoms with Crippen molar-refractivity contribution in [3.05, 3.63) is 41.7 Å². The predicted molar refractivity (Wildman–Crippen MR) is 87.2 cm³/mol. The number of nitrogens with zero attached hydrogens (tertiary/aromatic N) is 6. The number of likely N-dealkylation sites (N-methyl/N-ethyl adjacent to an activating group) is 1. The monoisotopic (exact) mass is 312 g/mol. The molecule has 1 saturated heterocycles. The molecule has 0 saturated carbocycles. The molecule has 1 aromatic carbocycles. The van der Waals surface area contributed by atoms with E-state index in [4.69, 9.17) is 0 Å². The van der Waals surface area contributed by atoms with Gasteiger partial charge in [0.05, 0.1) is 0 Å². The van der Waals surface area contributed by atoms with Crippen molar-refractivity contribution in [3.63, 3.8) is 0 Å². The van der Waals surface area contributed by atoms with Crippen LogP contribution in [0.1, 0.15) is 11.4 Å². The summed E-state index contributed by atoms with van der Waals surface area (Å²) in [6.07, 6.45) is 1.84. The first kappa shape index (κ1) is 15.4. The number of tetrazole rings is 1. The van der Waals surface area contributed by atoms with Crippen molar-refractivity contribution in [2.75, 3.05) is 33.2 Å². The van der Waals surface area contributed by atoms with Crippen LogP contribution in [0.15, 0.2) is 30.3 Å². The first-order valence-corrected chi connectivity index (χ1v) is 7.65. The molecule has 23 heavy (non-hydrogen) atoms. The van der Waals surface area contributed by atoms with Crippen molar-refractivity contribution < 1.29 is 4.79 Å². The fourth-order valence-electron chi connectivity index (χ4n) is 2.55. The van der Waals surface area contributed by atoms with Crippen LogP contribution in [0.2, 0.25) is 0 Å². The predicted octanol–water partition coefficient (Wildman–Crippen LogP) is 0.754. The van der Waals surface area contributed by atoms with Gasteiger partial charge in [-0.1, -0.05) is 30.3 Å². The van der Waals surface area contributed by atoms with E-state index in [1.807, 2.05) is 41.3 Å². The molecular weight excluding hydrogens is 292 g/mol. The van der Waals surface area contributed by atoms with E-state index in [0.29, 0.717) is 24.6 Å². The lowest BCUT2D eigenvalue weighted by Gasteiger charge is -2.32. The van der Waals surface area contributed by atoms with Crippen molar-refractivity contribution >= 4 is 17.7 Å². The van der Waals surface area contributed by atoms with Gasteiger partial charge >= 0.3 is 0 Å². The van der Waals surface area contributed by atoms with E-state index in [2.05, 4.69) is 27.5 Å². The van der Waals surface area contributed by atoms with Gasteiger partial charge in [0.1, 0.15) is 5.70 Å². The van der Waals surface area contributed by atoms with E-state index in [9.17, 15) is 4.79 Å². The van der Waals surface area contributed by atoms with Gasteiger partial charge in [0.15, 0.2) is 5.82 Å². The fraction of sp³-hybridized carbons (Fsp3) is 0.375. The lowest BCUT2D eigenvalue weighted by molar-refractivity contribution is -0.126. The summed E-state index contributed by atoms with van der Waals surface area (Å²) in [5.41, 5.74) is 1.42. The van der Waals surface area contributed by atoms with E-state index < -0.39 is 0 Å². The Hall–Kier alpha value is -2.54. The molecule has 1 aromatic heterocycles. The van der Waals surface area contributed by atoms with Gasteiger partial charge in [0.25, 0.3) is 5.91 Å². The third kappa shape index (κ3) is 3.45. The van der Waals surface area contributed by atoms with Crippen molar-refractivity contribution in [1.29, 1.82) is 0 Å². The quantitative estimate of drug-likeness (QED) is 0.783. The second kappa shape index (κ2) is 6.70. The van der Waals surface area contributed by atoms with E-state index in [1.54, 1.807) is 6.92 Å². The van der Waals surface area contributed by atoms with Gasteiger partial charge in [-0.2, -0.15) is 4.68 Å². The van der Waals surface area contributed by atoms with Gasteiger partial charge in [0.2, 0.25) is 0 Å². The van der Waals surface area contributed by atoms with E-state index in [1.165, 1.54) is 4.68 Å². The maximum absolute atomic E-state index is 13.0. The minimum Gasteiger partial charge on any atom is -0.335 e. The number of benzene rings is 1. The number of carbonyl (C=O) groups is 1. The lowest BCUT2D eigenvalue weighted by atomic mass is 10.1. The maximum Gasteiger partial charge on any atom is 0.272 e. The molecule has 7 nitrogen and oxygen atoms in total. The Morgan fingerprint density at radius 3 is 2.43 bits per heavy atom. The Morgan fingerprint density at radius 1 is 1.13 bits per heavy atom. The molecule has 0 radical (unpaired) electrons. The molecule has 1 aliphatic rings. The molecule has 0 atom stereocenters. The maximum atomic E-state index is 13.0. The van der Waals surface area contributed by atoms with Crippen LogP contribution in [-0.2, 0) is 4.79 Å². The van der Waals surface area contributed by atoms with Crippen molar-refractivity contribution in [2.45, 2.75) is 6.92 Å². The molecular formula is C16H20N6O. The van der Waals surface area contributed by atoms with Crippen LogP contribution >= 0.6 is 0 Å². The zero-order chi connectivity index (χ0) is 16.2. The van der Waals surface area contributed by atoms with E-state index in [0.717, 1.165) is 18.7 Å². The Balaban J connectivity index is 1.94. The van der Waals surface area contributed by atoms with Crippen LogP contribution in [-0.4, -0.2) is 69.1 Å². The average molecular weight is 312 g/mol. The highest BCUT2D eigenvalue weighted by Gasteiger charge is 2.25. The Labute approximate surface area is 135 Å². The smallest absolute Gasteiger partial charge is 0.272 e. The highest BCUT2D eigenvalue weighted by molar-refractivity contribution is 6.18. The molecule has 2 heterocycles. The number of aryl methyl sites for hydroxylation is 1. The van der Waals surface area contributed by atoms with Gasteiger partial charge in [-0.3, -0.25) is 4.79 Å². The van der Waals surface area contributed by atoms with Gasteiger partial charge in [0, 0.05) is 26.2 Å². The number of rotatable bonds is 3. The third-order valence-corrected chi connectivity index (χ3v) is 3.97. The fourth-order valence-corrected chi connectivity index (χ4v) is 2.55. The molecule has 1 fully saturated rings. The minimum atomic E-state index is -0.0441. The molecule has 1 aliphatic heterocycles. The lowest BCUT2D eigenvalue weighted by Crippen LogP contribution is -2.47. The summed E-state index contributed by atoms with van der Waals surface area (Å²) in [5, 5.41) is 11.5. The topological polar surface area (TPSA) is 67.2 Å². The summed E-state index contributed by atoms with van der Waals surface area (Å²) in [6, 6.07) is 9.74. The zero-order valence-electron chi connectivity index (χ0n) is 13.4. The Bertz CT molecular complexity index is 700. The van der Waals surface area contributed by atoms with Crippen LogP contribution in [0, 0.1) is 6.92 Å². The van der Waals surface area contributed by atoms with Gasteiger partial charge in [-0.15, -0.1) is 5.10 Å². The Kier molecular flexibility index (Phi) is 4.47. The van der Waals surface area contributed by atoms with Crippen molar-refractivity contribution in [2.24, 2.45) is 0 Å². The number of aromatic nitrogens is 4. The molecule has 2 aromatic rings. The molecule has 0 aliphatic carbocycles. The molecule has 0 spiro atoms. The molecule has 1 amide bonds.